The van der Waals surface area contributed by atoms with Crippen LogP contribution in [0.2, 0.25) is 0 Å². The zero-order valence-electron chi connectivity index (χ0n) is 9.79. The minimum atomic E-state index is 0.743. The Bertz CT molecular complexity index is 315. The molecule has 1 aliphatic carbocycles. The van der Waals surface area contributed by atoms with E-state index in [1.165, 1.54) is 36.9 Å². The maximum Gasteiger partial charge on any atom is 0.00683 e. The first kappa shape index (κ1) is 10.7. The highest BCUT2D eigenvalue weighted by Crippen LogP contribution is 2.19. The SMILES string of the molecule is Cc1cccc(CC(C)CNC2CC2)c1. The van der Waals surface area contributed by atoms with Crippen LogP contribution in [-0.4, -0.2) is 12.6 Å². The van der Waals surface area contributed by atoms with Crippen LogP contribution in [0, 0.1) is 12.8 Å². The highest BCUT2D eigenvalue weighted by molar-refractivity contribution is 5.22. The standard InChI is InChI=1S/C14H21N/c1-11-4-3-5-13(8-11)9-12(2)10-15-14-6-7-14/h3-5,8,12,14-15H,6-7,9-10H2,1-2H3. The number of hydrogen-bond acceptors (Lipinski definition) is 1. The van der Waals surface area contributed by atoms with Gasteiger partial charge in [-0.2, -0.15) is 0 Å². The molecule has 15 heavy (non-hydrogen) atoms. The van der Waals surface area contributed by atoms with Crippen molar-refractivity contribution < 1.29 is 0 Å². The molecule has 0 bridgehead atoms. The summed E-state index contributed by atoms with van der Waals surface area (Å²) in [6, 6.07) is 9.70. The lowest BCUT2D eigenvalue weighted by Gasteiger charge is -2.12. The second-order valence-electron chi connectivity index (χ2n) is 4.98. The summed E-state index contributed by atoms with van der Waals surface area (Å²) in [7, 11) is 0. The maximum atomic E-state index is 3.59. The Kier molecular flexibility index (Phi) is 3.42. The van der Waals surface area contributed by atoms with Gasteiger partial charge in [0.05, 0.1) is 0 Å². The minimum absolute atomic E-state index is 0.743. The highest BCUT2D eigenvalue weighted by Gasteiger charge is 2.20. The van der Waals surface area contributed by atoms with Gasteiger partial charge in [0.15, 0.2) is 0 Å². The summed E-state index contributed by atoms with van der Waals surface area (Å²) in [4.78, 5) is 0. The fourth-order valence-electron chi connectivity index (χ4n) is 1.97. The Labute approximate surface area is 92.9 Å². The lowest BCUT2D eigenvalue weighted by molar-refractivity contribution is 0.509. The molecule has 82 valence electrons. The minimum Gasteiger partial charge on any atom is -0.314 e. The Morgan fingerprint density at radius 1 is 1.40 bits per heavy atom. The second-order valence-corrected chi connectivity index (χ2v) is 4.98. The topological polar surface area (TPSA) is 12.0 Å². The van der Waals surface area contributed by atoms with Gasteiger partial charge in [0.25, 0.3) is 0 Å². The van der Waals surface area contributed by atoms with Crippen LogP contribution >= 0.6 is 0 Å². The van der Waals surface area contributed by atoms with Gasteiger partial charge in [-0.05, 0) is 44.2 Å². The van der Waals surface area contributed by atoms with Crippen LogP contribution in [0.5, 0.6) is 0 Å². The van der Waals surface area contributed by atoms with E-state index in [0.717, 1.165) is 12.0 Å². The number of aryl methyl sites for hydroxylation is 1. The molecule has 1 saturated carbocycles. The molecule has 1 fully saturated rings. The third kappa shape index (κ3) is 3.67. The fraction of sp³-hybridized carbons (Fsp3) is 0.571. The molecule has 0 spiro atoms. The van der Waals surface area contributed by atoms with Crippen LogP contribution in [0.15, 0.2) is 24.3 Å². The normalized spacial score (nSPS) is 17.7. The van der Waals surface area contributed by atoms with E-state index in [2.05, 4.69) is 43.4 Å². The lowest BCUT2D eigenvalue weighted by Crippen LogP contribution is -2.24. The van der Waals surface area contributed by atoms with E-state index >= 15 is 0 Å². The molecular weight excluding hydrogens is 182 g/mol. The molecule has 1 atom stereocenters. The average molecular weight is 203 g/mol. The first-order valence-electron chi connectivity index (χ1n) is 6.03. The van der Waals surface area contributed by atoms with Crippen molar-refractivity contribution in [1.82, 2.24) is 5.32 Å². The smallest absolute Gasteiger partial charge is 0.00683 e. The number of hydrogen-bond donors (Lipinski definition) is 1. The summed E-state index contributed by atoms with van der Waals surface area (Å²) in [5, 5.41) is 3.59. The molecule has 0 heterocycles. The summed E-state index contributed by atoms with van der Waals surface area (Å²) in [6.45, 7) is 5.66. The molecule has 1 aromatic carbocycles. The molecule has 2 rings (SSSR count). The number of benzene rings is 1. The van der Waals surface area contributed by atoms with Gasteiger partial charge < -0.3 is 5.32 Å². The molecule has 1 aromatic rings. The van der Waals surface area contributed by atoms with Crippen LogP contribution in [-0.2, 0) is 6.42 Å². The van der Waals surface area contributed by atoms with Crippen molar-refractivity contribution in [3.05, 3.63) is 35.4 Å². The summed E-state index contributed by atoms with van der Waals surface area (Å²) in [5.41, 5.74) is 2.84. The fourth-order valence-corrected chi connectivity index (χ4v) is 1.97. The predicted octanol–water partition coefficient (Wildman–Crippen LogP) is 2.93. The van der Waals surface area contributed by atoms with E-state index in [1.54, 1.807) is 0 Å². The van der Waals surface area contributed by atoms with E-state index in [-0.39, 0.29) is 0 Å². The largest absolute Gasteiger partial charge is 0.314 e. The van der Waals surface area contributed by atoms with Crippen LogP contribution in [0.3, 0.4) is 0 Å². The van der Waals surface area contributed by atoms with Gasteiger partial charge in [-0.1, -0.05) is 36.8 Å². The van der Waals surface area contributed by atoms with Gasteiger partial charge in [-0.15, -0.1) is 0 Å². The van der Waals surface area contributed by atoms with Crippen molar-refractivity contribution in [3.8, 4) is 0 Å². The van der Waals surface area contributed by atoms with Gasteiger partial charge in [-0.25, -0.2) is 0 Å². The van der Waals surface area contributed by atoms with E-state index < -0.39 is 0 Å². The molecule has 0 aliphatic heterocycles. The van der Waals surface area contributed by atoms with Gasteiger partial charge in [0.1, 0.15) is 0 Å². The first-order valence-corrected chi connectivity index (χ1v) is 6.03. The maximum absolute atomic E-state index is 3.59. The van der Waals surface area contributed by atoms with Crippen molar-refractivity contribution in [3.63, 3.8) is 0 Å². The molecule has 1 N–H and O–H groups in total. The Balaban J connectivity index is 1.79. The van der Waals surface area contributed by atoms with Crippen molar-refractivity contribution >= 4 is 0 Å². The molecule has 0 radical (unpaired) electrons. The zero-order chi connectivity index (χ0) is 10.7. The van der Waals surface area contributed by atoms with Gasteiger partial charge in [0, 0.05) is 6.04 Å². The van der Waals surface area contributed by atoms with E-state index in [1.807, 2.05) is 0 Å². The third-order valence-corrected chi connectivity index (χ3v) is 3.00. The summed E-state index contributed by atoms with van der Waals surface area (Å²) in [5.74, 6) is 0.743. The number of nitrogens with one attached hydrogen (secondary N) is 1. The lowest BCUT2D eigenvalue weighted by atomic mass is 10.00. The summed E-state index contributed by atoms with van der Waals surface area (Å²) >= 11 is 0. The molecule has 0 aromatic heterocycles. The molecular formula is C14H21N. The van der Waals surface area contributed by atoms with Gasteiger partial charge in [0.2, 0.25) is 0 Å². The quantitative estimate of drug-likeness (QED) is 0.776. The van der Waals surface area contributed by atoms with Gasteiger partial charge in [-0.3, -0.25) is 0 Å². The molecule has 1 heteroatoms. The molecule has 1 aliphatic rings. The molecule has 0 amide bonds. The van der Waals surface area contributed by atoms with E-state index in [0.29, 0.717) is 0 Å². The van der Waals surface area contributed by atoms with E-state index in [4.69, 9.17) is 0 Å². The monoisotopic (exact) mass is 203 g/mol. The summed E-state index contributed by atoms with van der Waals surface area (Å²) in [6.07, 6.45) is 3.97. The summed E-state index contributed by atoms with van der Waals surface area (Å²) < 4.78 is 0. The van der Waals surface area contributed by atoms with Crippen LogP contribution in [0.4, 0.5) is 0 Å². The Morgan fingerprint density at radius 3 is 2.87 bits per heavy atom. The second kappa shape index (κ2) is 4.80. The average Bonchev–Trinajstić information content (AvgIpc) is 2.98. The number of rotatable bonds is 5. The third-order valence-electron chi connectivity index (χ3n) is 3.00. The Morgan fingerprint density at radius 2 is 2.20 bits per heavy atom. The van der Waals surface area contributed by atoms with Crippen LogP contribution in [0.25, 0.3) is 0 Å². The molecule has 1 nitrogen and oxygen atoms in total. The highest BCUT2D eigenvalue weighted by atomic mass is 14.9. The van der Waals surface area contributed by atoms with Gasteiger partial charge >= 0.3 is 0 Å². The molecule has 0 saturated heterocycles. The zero-order valence-corrected chi connectivity index (χ0v) is 9.79. The van der Waals surface area contributed by atoms with Crippen molar-refractivity contribution in [2.45, 2.75) is 39.2 Å². The Hall–Kier alpha value is -0.820. The van der Waals surface area contributed by atoms with Crippen molar-refractivity contribution in [1.29, 1.82) is 0 Å². The van der Waals surface area contributed by atoms with Crippen molar-refractivity contribution in [2.24, 2.45) is 5.92 Å². The predicted molar refractivity (Wildman–Crippen MR) is 65.1 cm³/mol. The molecule has 1 unspecified atom stereocenters. The van der Waals surface area contributed by atoms with Crippen LogP contribution in [0.1, 0.15) is 30.9 Å². The first-order chi connectivity index (χ1) is 7.24. The van der Waals surface area contributed by atoms with Crippen molar-refractivity contribution in [2.75, 3.05) is 6.54 Å². The van der Waals surface area contributed by atoms with E-state index in [9.17, 15) is 0 Å². The van der Waals surface area contributed by atoms with Crippen LogP contribution < -0.4 is 5.32 Å².